The summed E-state index contributed by atoms with van der Waals surface area (Å²) in [4.78, 5) is 25.4. The zero-order valence-corrected chi connectivity index (χ0v) is 13.2. The second kappa shape index (κ2) is 5.88. The Morgan fingerprint density at radius 1 is 1.24 bits per heavy atom. The first-order chi connectivity index (χ1) is 9.76. The fraction of sp³-hybridized carbons (Fsp3) is 0.529. The van der Waals surface area contributed by atoms with E-state index in [0.717, 1.165) is 12.0 Å². The van der Waals surface area contributed by atoms with Crippen molar-refractivity contribution >= 4 is 12.0 Å². The summed E-state index contributed by atoms with van der Waals surface area (Å²) in [5.41, 5.74) is 1.79. The predicted molar refractivity (Wildman–Crippen MR) is 81.1 cm³/mol. The van der Waals surface area contributed by atoms with Crippen LogP contribution in [0.5, 0.6) is 0 Å². The van der Waals surface area contributed by atoms with E-state index in [2.05, 4.69) is 24.3 Å². The molecule has 0 radical (unpaired) electrons. The molecular formula is C17H23NO3. The Morgan fingerprint density at radius 2 is 1.86 bits per heavy atom. The molecule has 2 rings (SSSR count). The van der Waals surface area contributed by atoms with Crippen LogP contribution < -0.4 is 0 Å². The summed E-state index contributed by atoms with van der Waals surface area (Å²) < 4.78 is 5.27. The van der Waals surface area contributed by atoms with E-state index in [1.165, 1.54) is 10.5 Å². The van der Waals surface area contributed by atoms with Gasteiger partial charge >= 0.3 is 6.09 Å². The molecule has 1 aliphatic heterocycles. The number of likely N-dealkylation sites (tertiary alicyclic amines) is 1. The summed E-state index contributed by atoms with van der Waals surface area (Å²) in [6.07, 6.45) is 0.617. The minimum absolute atomic E-state index is 0.152. The maximum atomic E-state index is 12.2. The fourth-order valence-electron chi connectivity index (χ4n) is 2.47. The summed E-state index contributed by atoms with van der Waals surface area (Å²) in [7, 11) is 0. The van der Waals surface area contributed by atoms with Gasteiger partial charge < -0.3 is 4.74 Å². The summed E-state index contributed by atoms with van der Waals surface area (Å²) in [6.45, 7) is 7.86. The van der Waals surface area contributed by atoms with Crippen LogP contribution in [0.4, 0.5) is 4.79 Å². The third-order valence-electron chi connectivity index (χ3n) is 3.59. The first-order valence-corrected chi connectivity index (χ1v) is 7.36. The Kier molecular flexibility index (Phi) is 4.35. The van der Waals surface area contributed by atoms with Crippen LogP contribution in [-0.2, 0) is 9.53 Å². The van der Waals surface area contributed by atoms with Crippen molar-refractivity contribution < 1.29 is 14.3 Å². The average molecular weight is 289 g/mol. The third-order valence-corrected chi connectivity index (χ3v) is 3.59. The summed E-state index contributed by atoms with van der Waals surface area (Å²) in [5.74, 6) is 0.0397. The maximum absolute atomic E-state index is 12.2. The van der Waals surface area contributed by atoms with Crippen LogP contribution in [0.1, 0.15) is 50.7 Å². The molecule has 0 aliphatic carbocycles. The van der Waals surface area contributed by atoms with Crippen molar-refractivity contribution in [1.29, 1.82) is 0 Å². The van der Waals surface area contributed by atoms with E-state index >= 15 is 0 Å². The molecule has 1 heterocycles. The average Bonchev–Trinajstić information content (AvgIpc) is 2.37. The van der Waals surface area contributed by atoms with E-state index in [1.54, 1.807) is 20.8 Å². The monoisotopic (exact) mass is 289 g/mol. The molecule has 1 aliphatic rings. The Balaban J connectivity index is 2.00. The molecule has 1 aromatic rings. The molecule has 114 valence electrons. The Bertz CT molecular complexity index is 528. The van der Waals surface area contributed by atoms with Gasteiger partial charge in [0, 0.05) is 13.0 Å². The lowest BCUT2D eigenvalue weighted by Crippen LogP contribution is -2.44. The zero-order chi connectivity index (χ0) is 15.6. The lowest BCUT2D eigenvalue weighted by Gasteiger charge is -2.32. The fourth-order valence-corrected chi connectivity index (χ4v) is 2.47. The van der Waals surface area contributed by atoms with Gasteiger partial charge in [-0.3, -0.25) is 4.79 Å². The number of carbonyl (C=O) groups is 2. The van der Waals surface area contributed by atoms with Crippen molar-refractivity contribution in [1.82, 2.24) is 4.90 Å². The van der Waals surface area contributed by atoms with E-state index < -0.39 is 11.7 Å². The van der Waals surface area contributed by atoms with Gasteiger partial charge in [-0.05, 0) is 45.6 Å². The molecule has 1 atom stereocenters. The van der Waals surface area contributed by atoms with Gasteiger partial charge in [0.05, 0.1) is 0 Å². The van der Waals surface area contributed by atoms with Gasteiger partial charge in [-0.2, -0.15) is 0 Å². The number of ether oxygens (including phenoxy) is 1. The quantitative estimate of drug-likeness (QED) is 0.793. The van der Waals surface area contributed by atoms with Crippen LogP contribution in [0.15, 0.2) is 24.3 Å². The van der Waals surface area contributed by atoms with Crippen molar-refractivity contribution in [3.63, 3.8) is 0 Å². The largest absolute Gasteiger partial charge is 0.443 e. The van der Waals surface area contributed by atoms with Crippen LogP contribution in [0, 0.1) is 6.92 Å². The molecule has 0 unspecified atom stereocenters. The highest BCUT2D eigenvalue weighted by molar-refractivity contribution is 5.93. The summed E-state index contributed by atoms with van der Waals surface area (Å²) in [5, 5.41) is 0. The summed E-state index contributed by atoms with van der Waals surface area (Å²) in [6, 6.07) is 8.24. The van der Waals surface area contributed by atoms with E-state index in [4.69, 9.17) is 4.74 Å². The second-order valence-electron chi connectivity index (χ2n) is 6.63. The van der Waals surface area contributed by atoms with Crippen molar-refractivity contribution in [2.24, 2.45) is 0 Å². The Hall–Kier alpha value is -1.84. The maximum Gasteiger partial charge on any atom is 0.417 e. The van der Waals surface area contributed by atoms with Crippen LogP contribution >= 0.6 is 0 Å². The number of carbonyl (C=O) groups excluding carboxylic acids is 2. The van der Waals surface area contributed by atoms with Crippen LogP contribution in [0.3, 0.4) is 0 Å². The van der Waals surface area contributed by atoms with E-state index in [-0.39, 0.29) is 11.8 Å². The van der Waals surface area contributed by atoms with Crippen molar-refractivity contribution in [3.05, 3.63) is 35.4 Å². The number of aryl methyl sites for hydroxylation is 1. The number of rotatable bonds is 1. The summed E-state index contributed by atoms with van der Waals surface area (Å²) >= 11 is 0. The van der Waals surface area contributed by atoms with E-state index in [1.807, 2.05) is 6.92 Å². The Morgan fingerprint density at radius 3 is 2.38 bits per heavy atom. The van der Waals surface area contributed by atoms with Crippen molar-refractivity contribution in [2.75, 3.05) is 6.54 Å². The molecule has 0 saturated carbocycles. The molecule has 0 bridgehead atoms. The first kappa shape index (κ1) is 15.5. The lowest BCUT2D eigenvalue weighted by atomic mass is 9.89. The smallest absolute Gasteiger partial charge is 0.417 e. The zero-order valence-electron chi connectivity index (χ0n) is 13.2. The van der Waals surface area contributed by atoms with Gasteiger partial charge in [-0.25, -0.2) is 9.69 Å². The number of imide groups is 1. The molecule has 1 saturated heterocycles. The number of hydrogen-bond donors (Lipinski definition) is 0. The number of hydrogen-bond acceptors (Lipinski definition) is 3. The molecule has 0 aromatic heterocycles. The van der Waals surface area contributed by atoms with Crippen molar-refractivity contribution in [3.8, 4) is 0 Å². The first-order valence-electron chi connectivity index (χ1n) is 7.36. The molecule has 0 N–H and O–H groups in total. The SMILES string of the molecule is Cc1ccc([C@@H]2CCN(C(=O)OC(C)(C)C)C(=O)C2)cc1. The lowest BCUT2D eigenvalue weighted by molar-refractivity contribution is -0.132. The van der Waals surface area contributed by atoms with E-state index in [0.29, 0.717) is 13.0 Å². The second-order valence-corrected chi connectivity index (χ2v) is 6.63. The molecule has 21 heavy (non-hydrogen) atoms. The van der Waals surface area contributed by atoms with Crippen LogP contribution in [-0.4, -0.2) is 29.0 Å². The topological polar surface area (TPSA) is 46.6 Å². The van der Waals surface area contributed by atoms with Crippen LogP contribution in [0.2, 0.25) is 0 Å². The Labute approximate surface area is 126 Å². The van der Waals surface area contributed by atoms with E-state index in [9.17, 15) is 9.59 Å². The predicted octanol–water partition coefficient (Wildman–Crippen LogP) is 3.64. The molecule has 2 amide bonds. The minimum atomic E-state index is -0.578. The molecule has 1 aromatic carbocycles. The normalized spacial score (nSPS) is 19.5. The van der Waals surface area contributed by atoms with Crippen LogP contribution in [0.25, 0.3) is 0 Å². The highest BCUT2D eigenvalue weighted by atomic mass is 16.6. The highest BCUT2D eigenvalue weighted by Gasteiger charge is 2.33. The third kappa shape index (κ3) is 4.06. The molecule has 0 spiro atoms. The molecular weight excluding hydrogens is 266 g/mol. The van der Waals surface area contributed by atoms with Crippen molar-refractivity contribution in [2.45, 2.75) is 52.1 Å². The highest BCUT2D eigenvalue weighted by Crippen LogP contribution is 2.29. The van der Waals surface area contributed by atoms with Gasteiger partial charge in [-0.1, -0.05) is 29.8 Å². The number of benzene rings is 1. The van der Waals surface area contributed by atoms with Gasteiger partial charge in [-0.15, -0.1) is 0 Å². The number of amides is 2. The molecule has 4 nitrogen and oxygen atoms in total. The van der Waals surface area contributed by atoms with Gasteiger partial charge in [0.2, 0.25) is 5.91 Å². The number of piperidine rings is 1. The minimum Gasteiger partial charge on any atom is -0.443 e. The molecule has 4 heteroatoms. The standard InChI is InChI=1S/C17H23NO3/c1-12-5-7-13(8-6-12)14-9-10-18(15(19)11-14)16(20)21-17(2,3)4/h5-8,14H,9-11H2,1-4H3/t14-/m1/s1. The van der Waals surface area contributed by atoms with Gasteiger partial charge in [0.25, 0.3) is 0 Å². The van der Waals surface area contributed by atoms with Gasteiger partial charge in [0.1, 0.15) is 5.60 Å². The molecule has 1 fully saturated rings. The number of nitrogens with zero attached hydrogens (tertiary/aromatic N) is 1. The van der Waals surface area contributed by atoms with Gasteiger partial charge in [0.15, 0.2) is 0 Å².